The van der Waals surface area contributed by atoms with Gasteiger partial charge >= 0.3 is 0 Å². The summed E-state index contributed by atoms with van der Waals surface area (Å²) in [5.74, 6) is 1.08. The van der Waals surface area contributed by atoms with Gasteiger partial charge < -0.3 is 35.5 Å². The second kappa shape index (κ2) is 12.4. The minimum absolute atomic E-state index is 0.00650. The smallest absolute Gasteiger partial charge is 0.242 e. The Kier molecular flexibility index (Phi) is 9.30. The van der Waals surface area contributed by atoms with Crippen LogP contribution >= 0.6 is 0 Å². The number of hydrogen-bond acceptors (Lipinski definition) is 8. The van der Waals surface area contributed by atoms with Crippen LogP contribution in [0.4, 0.5) is 5.69 Å². The Balaban J connectivity index is 1.73. The number of fused-ring (bicyclic) bond motifs is 3. The molecule has 10 nitrogen and oxygen atoms in total. The number of rotatable bonds is 8. The Labute approximate surface area is 254 Å². The lowest BCUT2D eigenvalue weighted by Gasteiger charge is -2.46. The summed E-state index contributed by atoms with van der Waals surface area (Å²) in [4.78, 5) is 39.2. The van der Waals surface area contributed by atoms with Gasteiger partial charge in [-0.2, -0.15) is 0 Å². The number of carbonyl (C=O) groups is 2. The van der Waals surface area contributed by atoms with Gasteiger partial charge in [0.15, 0.2) is 11.5 Å². The highest BCUT2D eigenvalue weighted by atomic mass is 16.5. The number of amides is 2. The van der Waals surface area contributed by atoms with Gasteiger partial charge in [0.2, 0.25) is 23.0 Å². The molecule has 1 fully saturated rings. The Hall–Kier alpha value is -3.79. The van der Waals surface area contributed by atoms with E-state index in [1.807, 2.05) is 12.1 Å². The van der Waals surface area contributed by atoms with Crippen molar-refractivity contribution in [1.82, 2.24) is 16.0 Å². The summed E-state index contributed by atoms with van der Waals surface area (Å²) in [5.41, 5.74) is 2.87. The molecule has 2 aromatic rings. The highest BCUT2D eigenvalue weighted by Crippen LogP contribution is 2.50. The molecule has 1 saturated heterocycles. The third-order valence-corrected chi connectivity index (χ3v) is 8.22. The first-order chi connectivity index (χ1) is 20.2. The molecule has 234 valence electrons. The van der Waals surface area contributed by atoms with Crippen molar-refractivity contribution in [2.24, 2.45) is 0 Å². The molecule has 4 rings (SSSR count). The van der Waals surface area contributed by atoms with Crippen molar-refractivity contribution in [1.29, 1.82) is 0 Å². The lowest BCUT2D eigenvalue weighted by Crippen LogP contribution is -2.62. The van der Waals surface area contributed by atoms with E-state index in [-0.39, 0.29) is 40.1 Å². The number of ether oxygens (including phenoxy) is 3. The van der Waals surface area contributed by atoms with Crippen molar-refractivity contribution in [2.75, 3.05) is 26.6 Å². The molecule has 1 aliphatic carbocycles. The summed E-state index contributed by atoms with van der Waals surface area (Å²) in [6.07, 6.45) is 2.77. The molecule has 0 bridgehead atoms. The minimum atomic E-state index is -0.659. The number of hydrogen-bond donors (Lipinski definition) is 4. The van der Waals surface area contributed by atoms with Gasteiger partial charge in [-0.3, -0.25) is 14.4 Å². The molecule has 0 radical (unpaired) electrons. The maximum atomic E-state index is 13.7. The van der Waals surface area contributed by atoms with Gasteiger partial charge in [-0.1, -0.05) is 6.07 Å². The van der Waals surface area contributed by atoms with Gasteiger partial charge in [-0.15, -0.1) is 0 Å². The maximum absolute atomic E-state index is 13.7. The summed E-state index contributed by atoms with van der Waals surface area (Å²) in [6.45, 7) is 11.8. The van der Waals surface area contributed by atoms with Crippen LogP contribution in [0.5, 0.6) is 17.2 Å². The molecule has 0 spiro atoms. The van der Waals surface area contributed by atoms with Crippen LogP contribution in [-0.2, 0) is 16.0 Å². The van der Waals surface area contributed by atoms with Crippen molar-refractivity contribution in [3.8, 4) is 28.4 Å². The molecule has 0 saturated carbocycles. The fraction of sp³-hybridized carbons (Fsp3) is 0.545. The van der Waals surface area contributed by atoms with Crippen LogP contribution in [0.15, 0.2) is 29.1 Å². The van der Waals surface area contributed by atoms with E-state index in [2.05, 4.69) is 49.0 Å². The molecule has 2 amide bonds. The van der Waals surface area contributed by atoms with Crippen molar-refractivity contribution in [3.63, 3.8) is 0 Å². The Morgan fingerprint density at radius 3 is 2.19 bits per heavy atom. The molecule has 2 aliphatic rings. The van der Waals surface area contributed by atoms with E-state index in [0.717, 1.165) is 29.5 Å². The second-order valence-corrected chi connectivity index (χ2v) is 13.0. The summed E-state index contributed by atoms with van der Waals surface area (Å²) in [5, 5.41) is 13.0. The lowest BCUT2D eigenvalue weighted by molar-refractivity contribution is -0.123. The molecule has 4 N–H and O–H groups in total. The third-order valence-electron chi connectivity index (χ3n) is 8.22. The molecule has 2 aromatic carbocycles. The van der Waals surface area contributed by atoms with E-state index in [1.54, 1.807) is 40.4 Å². The number of aryl methyl sites for hydroxylation is 1. The monoisotopic (exact) mass is 594 g/mol. The van der Waals surface area contributed by atoms with Crippen LogP contribution < -0.4 is 40.9 Å². The fourth-order valence-corrected chi connectivity index (χ4v) is 6.88. The number of piperidine rings is 1. The third kappa shape index (κ3) is 7.06. The van der Waals surface area contributed by atoms with E-state index < -0.39 is 12.1 Å². The van der Waals surface area contributed by atoms with Crippen molar-refractivity contribution < 1.29 is 23.8 Å². The van der Waals surface area contributed by atoms with Crippen LogP contribution in [0.1, 0.15) is 78.0 Å². The first kappa shape index (κ1) is 32.1. The summed E-state index contributed by atoms with van der Waals surface area (Å²) in [6, 6.07) is 5.93. The largest absolute Gasteiger partial charge is 0.493 e. The average Bonchev–Trinajstić information content (AvgIpc) is 3.14. The van der Waals surface area contributed by atoms with E-state index in [4.69, 9.17) is 14.2 Å². The lowest BCUT2D eigenvalue weighted by atomic mass is 9.79. The molecular formula is C33H46N4O6. The number of methoxy groups -OCH3 is 3. The zero-order valence-electron chi connectivity index (χ0n) is 26.8. The van der Waals surface area contributed by atoms with Crippen molar-refractivity contribution >= 4 is 17.5 Å². The molecular weight excluding hydrogens is 548 g/mol. The zero-order chi connectivity index (χ0) is 31.7. The van der Waals surface area contributed by atoms with E-state index in [0.29, 0.717) is 35.7 Å². The Morgan fingerprint density at radius 1 is 0.953 bits per heavy atom. The summed E-state index contributed by atoms with van der Waals surface area (Å²) >= 11 is 0. The molecule has 0 unspecified atom stereocenters. The number of carbonyl (C=O) groups excluding carboxylic acids is 2. The van der Waals surface area contributed by atoms with E-state index >= 15 is 0 Å². The van der Waals surface area contributed by atoms with Gasteiger partial charge in [0, 0.05) is 29.6 Å². The molecule has 0 aromatic heterocycles. The van der Waals surface area contributed by atoms with Gasteiger partial charge in [-0.05, 0) is 95.2 Å². The molecule has 1 aliphatic heterocycles. The molecule has 1 heterocycles. The molecule has 43 heavy (non-hydrogen) atoms. The minimum Gasteiger partial charge on any atom is -0.493 e. The zero-order valence-corrected chi connectivity index (χ0v) is 26.8. The van der Waals surface area contributed by atoms with Gasteiger partial charge in [-0.25, -0.2) is 0 Å². The first-order valence-electron chi connectivity index (χ1n) is 14.8. The van der Waals surface area contributed by atoms with Gasteiger partial charge in [0.25, 0.3) is 0 Å². The molecule has 2 atom stereocenters. The number of anilines is 1. The van der Waals surface area contributed by atoms with Gasteiger partial charge in [0.1, 0.15) is 6.04 Å². The predicted octanol–water partition coefficient (Wildman–Crippen LogP) is 4.09. The number of nitrogens with one attached hydrogen (secondary N) is 4. The molecule has 10 heteroatoms. The normalized spacial score (nSPS) is 19.5. The van der Waals surface area contributed by atoms with E-state index in [1.165, 1.54) is 6.92 Å². The van der Waals surface area contributed by atoms with Crippen LogP contribution in [0.2, 0.25) is 0 Å². The average molecular weight is 595 g/mol. The Morgan fingerprint density at radius 2 is 1.60 bits per heavy atom. The van der Waals surface area contributed by atoms with Crippen LogP contribution in [-0.4, -0.2) is 56.3 Å². The maximum Gasteiger partial charge on any atom is 0.242 e. The van der Waals surface area contributed by atoms with Crippen LogP contribution in [0.25, 0.3) is 11.1 Å². The van der Waals surface area contributed by atoms with Crippen molar-refractivity contribution in [3.05, 3.63) is 45.6 Å². The first-order valence-corrected chi connectivity index (χ1v) is 14.8. The highest BCUT2D eigenvalue weighted by Gasteiger charge is 2.38. The van der Waals surface area contributed by atoms with E-state index in [9.17, 15) is 14.4 Å². The highest BCUT2D eigenvalue weighted by molar-refractivity contribution is 5.86. The summed E-state index contributed by atoms with van der Waals surface area (Å²) in [7, 11) is 4.68. The standard InChI is InChI=1S/C33H46N4O6/c1-18(31(40)36-21-16-32(3,4)37-33(5,6)17-21)34-25-13-11-22-23(15-26(25)39)24(35-19(2)38)12-10-20-14-27(41-7)29(42-8)30(43-9)28(20)22/h11,13-15,18,21,24,37H,10,12,16-17H2,1-9H3,(H,34,39)(H,35,38)(H,36,40)/t18-,24-/m0/s1. The van der Waals surface area contributed by atoms with Gasteiger partial charge in [0.05, 0.1) is 33.1 Å². The van der Waals surface area contributed by atoms with Crippen LogP contribution in [0.3, 0.4) is 0 Å². The topological polar surface area (TPSA) is 127 Å². The summed E-state index contributed by atoms with van der Waals surface area (Å²) < 4.78 is 17.1. The predicted molar refractivity (Wildman–Crippen MR) is 168 cm³/mol. The SMILES string of the molecule is COc1cc2c(c(OC)c1OC)-c1ccc(N[C@@H](C)C(=O)NC3CC(C)(C)NC(C)(C)C3)c(=O)cc1[C@@H](NC(C)=O)CC2. The Bertz CT molecular complexity index is 1440. The van der Waals surface area contributed by atoms with Crippen molar-refractivity contribution in [2.45, 2.75) is 96.4 Å². The second-order valence-electron chi connectivity index (χ2n) is 13.0. The quantitative estimate of drug-likeness (QED) is 0.360. The van der Waals surface area contributed by atoms with Crippen LogP contribution in [0, 0.1) is 0 Å². The fourth-order valence-electron chi connectivity index (χ4n) is 6.88. The number of benzene rings is 1.